The van der Waals surface area contributed by atoms with Crippen molar-refractivity contribution in [1.29, 1.82) is 0 Å². The highest BCUT2D eigenvalue weighted by Crippen LogP contribution is 2.37. The zero-order valence-electron chi connectivity index (χ0n) is 14.9. The van der Waals surface area contributed by atoms with E-state index in [1.54, 1.807) is 12.1 Å². The summed E-state index contributed by atoms with van der Waals surface area (Å²) in [5, 5.41) is 12.0. The van der Waals surface area contributed by atoms with Crippen LogP contribution in [0.15, 0.2) is 93.3 Å². The Morgan fingerprint density at radius 3 is 2.32 bits per heavy atom. The van der Waals surface area contributed by atoms with Crippen LogP contribution in [-0.2, 0) is 10.0 Å². The van der Waals surface area contributed by atoms with Gasteiger partial charge in [-0.1, -0.05) is 58.4 Å². The fraction of sp³-hybridized carbons (Fsp3) is 0.0952. The van der Waals surface area contributed by atoms with Crippen molar-refractivity contribution in [2.45, 2.75) is 17.4 Å². The van der Waals surface area contributed by atoms with Crippen LogP contribution in [0.1, 0.15) is 23.6 Å². The van der Waals surface area contributed by atoms with Gasteiger partial charge in [-0.2, -0.15) is 5.10 Å². The van der Waals surface area contributed by atoms with Gasteiger partial charge in [0.15, 0.2) is 0 Å². The van der Waals surface area contributed by atoms with Gasteiger partial charge in [0.05, 0.1) is 22.3 Å². The van der Waals surface area contributed by atoms with Gasteiger partial charge in [0, 0.05) is 10.9 Å². The summed E-state index contributed by atoms with van der Waals surface area (Å²) in [6.07, 6.45) is 0.747. The molecular formula is C21H18BrN3O2S. The minimum Gasteiger partial charge on any atom is -0.257 e. The number of halogens is 1. The highest BCUT2D eigenvalue weighted by atomic mass is 79.9. The van der Waals surface area contributed by atoms with E-state index >= 15 is 0 Å². The summed E-state index contributed by atoms with van der Waals surface area (Å²) in [5.74, 6) is 0. The highest BCUT2D eigenvalue weighted by molar-refractivity contribution is 9.10. The Morgan fingerprint density at radius 2 is 1.68 bits per heavy atom. The van der Waals surface area contributed by atoms with Gasteiger partial charge in [-0.05, 0) is 47.5 Å². The molecule has 7 heteroatoms. The number of rotatable bonds is 4. The first-order valence-corrected chi connectivity index (χ1v) is 11.1. The molecule has 0 spiro atoms. The number of hydrogen-bond acceptors (Lipinski definition) is 4. The SMILES string of the molecule is NS(=O)(=O)c1ccc(N2N=C(c3ccccc3)CC2c2cccc(Br)c2)cc1. The fourth-order valence-electron chi connectivity index (χ4n) is 3.32. The lowest BCUT2D eigenvalue weighted by atomic mass is 9.98. The number of sulfonamides is 1. The van der Waals surface area contributed by atoms with Gasteiger partial charge in [0.2, 0.25) is 10.0 Å². The third-order valence-electron chi connectivity index (χ3n) is 4.68. The van der Waals surface area contributed by atoms with Crippen LogP contribution in [0, 0.1) is 0 Å². The molecule has 5 nitrogen and oxygen atoms in total. The highest BCUT2D eigenvalue weighted by Gasteiger charge is 2.30. The summed E-state index contributed by atoms with van der Waals surface area (Å²) < 4.78 is 24.1. The maximum absolute atomic E-state index is 11.6. The molecule has 28 heavy (non-hydrogen) atoms. The average Bonchev–Trinajstić information content (AvgIpc) is 3.14. The van der Waals surface area contributed by atoms with Gasteiger partial charge in [-0.3, -0.25) is 5.01 Å². The summed E-state index contributed by atoms with van der Waals surface area (Å²) in [6.45, 7) is 0. The lowest BCUT2D eigenvalue weighted by molar-refractivity contribution is 0.597. The molecule has 0 saturated heterocycles. The first-order chi connectivity index (χ1) is 13.4. The first kappa shape index (κ1) is 18.9. The van der Waals surface area contributed by atoms with E-state index in [2.05, 4.69) is 28.1 Å². The van der Waals surface area contributed by atoms with E-state index in [1.165, 1.54) is 12.1 Å². The predicted octanol–water partition coefficient (Wildman–Crippen LogP) is 4.45. The molecule has 0 saturated carbocycles. The maximum atomic E-state index is 11.6. The van der Waals surface area contributed by atoms with Gasteiger partial charge in [-0.15, -0.1) is 0 Å². The molecule has 1 aliphatic rings. The zero-order valence-corrected chi connectivity index (χ0v) is 17.3. The molecule has 0 bridgehead atoms. The van der Waals surface area contributed by atoms with Crippen LogP contribution in [0.2, 0.25) is 0 Å². The largest absolute Gasteiger partial charge is 0.257 e. The first-order valence-electron chi connectivity index (χ1n) is 8.72. The molecule has 0 fully saturated rings. The van der Waals surface area contributed by atoms with E-state index in [1.807, 2.05) is 47.5 Å². The number of benzene rings is 3. The second-order valence-electron chi connectivity index (χ2n) is 6.57. The van der Waals surface area contributed by atoms with Crippen LogP contribution in [0.3, 0.4) is 0 Å². The minimum atomic E-state index is -3.73. The average molecular weight is 456 g/mol. The van der Waals surface area contributed by atoms with Gasteiger partial charge >= 0.3 is 0 Å². The number of hydrogen-bond donors (Lipinski definition) is 1. The van der Waals surface area contributed by atoms with Crippen molar-refractivity contribution in [2.24, 2.45) is 10.2 Å². The Hall–Kier alpha value is -2.48. The number of nitrogens with two attached hydrogens (primary N) is 1. The Morgan fingerprint density at radius 1 is 0.964 bits per heavy atom. The quantitative estimate of drug-likeness (QED) is 0.630. The monoisotopic (exact) mass is 455 g/mol. The molecule has 142 valence electrons. The Bertz CT molecular complexity index is 1130. The zero-order chi connectivity index (χ0) is 19.7. The van der Waals surface area contributed by atoms with Crippen LogP contribution in [0.5, 0.6) is 0 Å². The summed E-state index contributed by atoms with van der Waals surface area (Å²) in [4.78, 5) is 0.0849. The summed E-state index contributed by atoms with van der Waals surface area (Å²) >= 11 is 3.54. The molecule has 0 aliphatic carbocycles. The minimum absolute atomic E-state index is 0.00744. The maximum Gasteiger partial charge on any atom is 0.238 e. The molecule has 1 aliphatic heterocycles. The molecule has 3 aromatic carbocycles. The Balaban J connectivity index is 1.76. The molecule has 1 heterocycles. The van der Waals surface area contributed by atoms with Crippen LogP contribution in [-0.4, -0.2) is 14.1 Å². The van der Waals surface area contributed by atoms with Crippen LogP contribution in [0.4, 0.5) is 5.69 Å². The number of nitrogens with zero attached hydrogens (tertiary/aromatic N) is 2. The molecular weight excluding hydrogens is 438 g/mol. The van der Waals surface area contributed by atoms with Crippen LogP contribution < -0.4 is 10.1 Å². The van der Waals surface area contributed by atoms with Crippen molar-refractivity contribution in [1.82, 2.24) is 0 Å². The smallest absolute Gasteiger partial charge is 0.238 e. The van der Waals surface area contributed by atoms with Crippen LogP contribution in [0.25, 0.3) is 0 Å². The second kappa shape index (κ2) is 7.50. The summed E-state index contributed by atoms with van der Waals surface area (Å²) in [7, 11) is -3.73. The molecule has 2 N–H and O–H groups in total. The topological polar surface area (TPSA) is 75.8 Å². The fourth-order valence-corrected chi connectivity index (χ4v) is 4.25. The molecule has 1 atom stereocenters. The Labute approximate surface area is 172 Å². The van der Waals surface area contributed by atoms with Crippen molar-refractivity contribution in [3.8, 4) is 0 Å². The van der Waals surface area contributed by atoms with Crippen molar-refractivity contribution >= 4 is 37.4 Å². The van der Waals surface area contributed by atoms with E-state index in [-0.39, 0.29) is 10.9 Å². The number of hydrazone groups is 1. The molecule has 1 unspecified atom stereocenters. The summed E-state index contributed by atoms with van der Waals surface area (Å²) in [6, 6.07) is 24.7. The van der Waals surface area contributed by atoms with E-state index in [4.69, 9.17) is 10.2 Å². The standard InChI is InChI=1S/C21H18BrN3O2S/c22-17-8-4-7-16(13-17)21-14-20(15-5-2-1-3-6-15)24-25(21)18-9-11-19(12-10-18)28(23,26)27/h1-13,21H,14H2,(H2,23,26,27). The van der Waals surface area contributed by atoms with Gasteiger partial charge in [0.1, 0.15) is 0 Å². The molecule has 4 rings (SSSR count). The van der Waals surface area contributed by atoms with E-state index < -0.39 is 10.0 Å². The third kappa shape index (κ3) is 3.87. The molecule has 0 amide bonds. The molecule has 0 aromatic heterocycles. The number of anilines is 1. The van der Waals surface area contributed by atoms with Crippen molar-refractivity contribution in [3.63, 3.8) is 0 Å². The van der Waals surface area contributed by atoms with Crippen molar-refractivity contribution < 1.29 is 8.42 Å². The molecule has 3 aromatic rings. The van der Waals surface area contributed by atoms with Crippen molar-refractivity contribution in [3.05, 3.63) is 94.5 Å². The summed E-state index contributed by atoms with van der Waals surface area (Å²) in [5.41, 5.74) is 4.00. The number of primary sulfonamides is 1. The third-order valence-corrected chi connectivity index (χ3v) is 6.10. The van der Waals surface area contributed by atoms with E-state index in [0.29, 0.717) is 0 Å². The normalized spacial score (nSPS) is 16.9. The lowest BCUT2D eigenvalue weighted by Gasteiger charge is -2.24. The van der Waals surface area contributed by atoms with Gasteiger partial charge in [-0.25, -0.2) is 13.6 Å². The Kier molecular flexibility index (Phi) is 5.05. The van der Waals surface area contributed by atoms with E-state index in [0.717, 1.165) is 33.4 Å². The van der Waals surface area contributed by atoms with Gasteiger partial charge < -0.3 is 0 Å². The van der Waals surface area contributed by atoms with Gasteiger partial charge in [0.25, 0.3) is 0 Å². The molecule has 0 radical (unpaired) electrons. The second-order valence-corrected chi connectivity index (χ2v) is 9.05. The van der Waals surface area contributed by atoms with Crippen molar-refractivity contribution in [2.75, 3.05) is 5.01 Å². The van der Waals surface area contributed by atoms with Crippen LogP contribution >= 0.6 is 15.9 Å². The lowest BCUT2D eigenvalue weighted by Crippen LogP contribution is -2.19. The van der Waals surface area contributed by atoms with E-state index in [9.17, 15) is 8.42 Å². The predicted molar refractivity (Wildman–Crippen MR) is 115 cm³/mol.